The van der Waals surface area contributed by atoms with E-state index >= 15 is 0 Å². The minimum atomic E-state index is -0.713. The van der Waals surface area contributed by atoms with Crippen molar-refractivity contribution in [3.05, 3.63) is 52.3 Å². The third-order valence-corrected chi connectivity index (χ3v) is 5.82. The zero-order chi connectivity index (χ0) is 21.9. The van der Waals surface area contributed by atoms with Crippen LogP contribution in [0.4, 0.5) is 8.78 Å². The van der Waals surface area contributed by atoms with Gasteiger partial charge < -0.3 is 14.8 Å². The van der Waals surface area contributed by atoms with Crippen molar-refractivity contribution < 1.29 is 23.0 Å². The first kappa shape index (κ1) is 22.6. The summed E-state index contributed by atoms with van der Waals surface area (Å²) >= 11 is 11.2. The summed E-state index contributed by atoms with van der Waals surface area (Å²) in [7, 11) is 0. The average molecular weight is 459 g/mol. The Hall–Kier alpha value is -2.12. The zero-order valence-corrected chi connectivity index (χ0v) is 18.1. The Balaban J connectivity index is 1.50. The van der Waals surface area contributed by atoms with Crippen molar-refractivity contribution in [3.8, 4) is 11.5 Å². The number of nitrogens with zero attached hydrogens (tertiary/aromatic N) is 1. The van der Waals surface area contributed by atoms with Crippen LogP contribution in [0.5, 0.6) is 11.5 Å². The summed E-state index contributed by atoms with van der Waals surface area (Å²) in [6, 6.07) is 5.41. The smallest absolute Gasteiger partial charge is 0.258 e. The highest BCUT2D eigenvalue weighted by Crippen LogP contribution is 2.50. The number of pyridine rings is 1. The topological polar surface area (TPSA) is 60.5 Å². The van der Waals surface area contributed by atoms with E-state index in [0.29, 0.717) is 25.2 Å². The number of aromatic nitrogens is 1. The van der Waals surface area contributed by atoms with Gasteiger partial charge in [-0.2, -0.15) is 0 Å². The Morgan fingerprint density at radius 3 is 2.50 bits per heavy atom. The molecule has 1 aliphatic carbocycles. The van der Waals surface area contributed by atoms with Crippen LogP contribution in [0.25, 0.3) is 0 Å². The number of hydrogen-bond donors (Lipinski definition) is 1. The summed E-state index contributed by atoms with van der Waals surface area (Å²) in [4.78, 5) is 16.0. The SMILES string of the molecule is CCC1(NC(=O)COc2cnc(Cl)c(F)c2)CC(C)(COc2ccc(Cl)c(F)c2)C1. The van der Waals surface area contributed by atoms with Gasteiger partial charge in [-0.25, -0.2) is 13.8 Å². The highest BCUT2D eigenvalue weighted by molar-refractivity contribution is 6.30. The molecular formula is C21H22Cl2F2N2O3. The number of ether oxygens (including phenoxy) is 2. The summed E-state index contributed by atoms with van der Waals surface area (Å²) in [5.41, 5.74) is -0.531. The number of halogens is 4. The minimum absolute atomic E-state index is 0.0456. The number of nitrogens with one attached hydrogen (secondary N) is 1. The van der Waals surface area contributed by atoms with E-state index in [1.807, 2.05) is 6.92 Å². The highest BCUT2D eigenvalue weighted by Gasteiger charge is 2.52. The van der Waals surface area contributed by atoms with Crippen LogP contribution in [0, 0.1) is 17.0 Å². The van der Waals surface area contributed by atoms with Gasteiger partial charge in [0, 0.05) is 23.1 Å². The quantitative estimate of drug-likeness (QED) is 0.552. The Kier molecular flexibility index (Phi) is 6.72. The van der Waals surface area contributed by atoms with Crippen molar-refractivity contribution in [2.45, 2.75) is 38.6 Å². The third-order valence-electron chi connectivity index (χ3n) is 5.23. The Bertz CT molecular complexity index is 936. The predicted molar refractivity (Wildman–Crippen MR) is 110 cm³/mol. The molecule has 5 nitrogen and oxygen atoms in total. The van der Waals surface area contributed by atoms with Crippen molar-refractivity contribution in [3.63, 3.8) is 0 Å². The van der Waals surface area contributed by atoms with Crippen molar-refractivity contribution in [2.75, 3.05) is 13.2 Å². The molecular weight excluding hydrogens is 437 g/mol. The van der Waals surface area contributed by atoms with Gasteiger partial charge >= 0.3 is 0 Å². The van der Waals surface area contributed by atoms with Crippen molar-refractivity contribution >= 4 is 29.1 Å². The van der Waals surface area contributed by atoms with Gasteiger partial charge in [0.05, 0.1) is 17.8 Å². The van der Waals surface area contributed by atoms with Gasteiger partial charge in [0.25, 0.3) is 5.91 Å². The van der Waals surface area contributed by atoms with Crippen LogP contribution >= 0.6 is 23.2 Å². The molecule has 1 N–H and O–H groups in total. The molecule has 0 aliphatic heterocycles. The first-order valence-electron chi connectivity index (χ1n) is 9.46. The van der Waals surface area contributed by atoms with Gasteiger partial charge in [0.2, 0.25) is 0 Å². The average Bonchev–Trinajstić information content (AvgIpc) is 2.68. The summed E-state index contributed by atoms with van der Waals surface area (Å²) in [5, 5.41) is 2.80. The molecule has 1 saturated carbocycles. The van der Waals surface area contributed by atoms with Gasteiger partial charge in [0.15, 0.2) is 17.6 Å². The number of carbonyl (C=O) groups excluding carboxylic acids is 1. The minimum Gasteiger partial charge on any atom is -0.493 e. The van der Waals surface area contributed by atoms with Gasteiger partial charge in [-0.15, -0.1) is 0 Å². The largest absolute Gasteiger partial charge is 0.493 e. The highest BCUT2D eigenvalue weighted by atomic mass is 35.5. The van der Waals surface area contributed by atoms with E-state index in [9.17, 15) is 13.6 Å². The van der Waals surface area contributed by atoms with Crippen LogP contribution in [0.15, 0.2) is 30.5 Å². The monoisotopic (exact) mass is 458 g/mol. The normalized spacial score (nSPS) is 22.9. The van der Waals surface area contributed by atoms with Crippen molar-refractivity contribution in [1.82, 2.24) is 10.3 Å². The molecule has 3 rings (SSSR count). The maximum absolute atomic E-state index is 13.6. The molecule has 1 aromatic heterocycles. The lowest BCUT2D eigenvalue weighted by Crippen LogP contribution is -2.63. The second-order valence-electron chi connectivity index (χ2n) is 7.94. The second kappa shape index (κ2) is 8.94. The van der Waals surface area contributed by atoms with Gasteiger partial charge in [0.1, 0.15) is 17.3 Å². The number of amides is 1. The van der Waals surface area contributed by atoms with Crippen LogP contribution in [0.3, 0.4) is 0 Å². The van der Waals surface area contributed by atoms with Gasteiger partial charge in [-0.3, -0.25) is 4.79 Å². The number of rotatable bonds is 8. The molecule has 0 spiro atoms. The van der Waals surface area contributed by atoms with E-state index in [1.165, 1.54) is 18.3 Å². The molecule has 0 radical (unpaired) electrons. The standard InChI is InChI=1S/C21H22Cl2F2N2O3/c1-3-21(27-18(28)9-29-14-7-17(25)19(23)26-8-14)10-20(2,11-21)12-30-13-4-5-15(22)16(24)6-13/h4-8H,3,9-12H2,1-2H3,(H,27,28). The van der Waals surface area contributed by atoms with Crippen LogP contribution in [0.2, 0.25) is 10.2 Å². The Morgan fingerprint density at radius 2 is 1.87 bits per heavy atom. The molecule has 0 atom stereocenters. The summed E-state index contributed by atoms with van der Waals surface area (Å²) in [5.74, 6) is -1.02. The lowest BCUT2D eigenvalue weighted by molar-refractivity contribution is -0.129. The molecule has 162 valence electrons. The maximum Gasteiger partial charge on any atom is 0.258 e. The molecule has 1 aliphatic rings. The molecule has 1 heterocycles. The van der Waals surface area contributed by atoms with Gasteiger partial charge in [-0.1, -0.05) is 37.0 Å². The number of benzene rings is 1. The van der Waals surface area contributed by atoms with E-state index in [0.717, 1.165) is 12.5 Å². The maximum atomic E-state index is 13.6. The summed E-state index contributed by atoms with van der Waals surface area (Å²) in [6.45, 7) is 4.17. The molecule has 1 amide bonds. The van der Waals surface area contributed by atoms with Crippen LogP contribution in [0.1, 0.15) is 33.1 Å². The molecule has 0 bridgehead atoms. The fraction of sp³-hybridized carbons (Fsp3) is 0.429. The first-order valence-corrected chi connectivity index (χ1v) is 10.2. The lowest BCUT2D eigenvalue weighted by atomic mass is 9.57. The fourth-order valence-corrected chi connectivity index (χ4v) is 4.12. The lowest BCUT2D eigenvalue weighted by Gasteiger charge is -2.54. The molecule has 9 heteroatoms. The molecule has 2 aromatic rings. The van der Waals surface area contributed by atoms with Crippen LogP contribution in [-0.2, 0) is 4.79 Å². The Morgan fingerprint density at radius 1 is 1.17 bits per heavy atom. The fourth-order valence-electron chi connectivity index (χ4n) is 3.90. The van der Waals surface area contributed by atoms with E-state index in [2.05, 4.69) is 17.2 Å². The molecule has 0 unspecified atom stereocenters. The third kappa shape index (κ3) is 5.32. The van der Waals surface area contributed by atoms with E-state index in [4.69, 9.17) is 32.7 Å². The van der Waals surface area contributed by atoms with E-state index in [-0.39, 0.29) is 39.4 Å². The Labute approximate surface area is 183 Å². The van der Waals surface area contributed by atoms with E-state index in [1.54, 1.807) is 6.07 Å². The van der Waals surface area contributed by atoms with Crippen LogP contribution in [-0.4, -0.2) is 29.6 Å². The first-order chi connectivity index (χ1) is 14.1. The van der Waals surface area contributed by atoms with Crippen LogP contribution < -0.4 is 14.8 Å². The van der Waals surface area contributed by atoms with Crippen molar-refractivity contribution in [1.29, 1.82) is 0 Å². The molecule has 1 fully saturated rings. The second-order valence-corrected chi connectivity index (χ2v) is 8.71. The molecule has 0 saturated heterocycles. The summed E-state index contributed by atoms with van der Waals surface area (Å²) in [6.07, 6.45) is 3.40. The predicted octanol–water partition coefficient (Wildman–Crippen LogP) is 5.19. The number of hydrogen-bond acceptors (Lipinski definition) is 4. The number of carbonyl (C=O) groups is 1. The molecule has 1 aromatic carbocycles. The summed E-state index contributed by atoms with van der Waals surface area (Å²) < 4.78 is 38.0. The van der Waals surface area contributed by atoms with E-state index < -0.39 is 11.6 Å². The van der Waals surface area contributed by atoms with Crippen molar-refractivity contribution in [2.24, 2.45) is 5.41 Å². The zero-order valence-electron chi connectivity index (χ0n) is 16.6. The molecule has 30 heavy (non-hydrogen) atoms. The van der Waals surface area contributed by atoms with Gasteiger partial charge in [-0.05, 0) is 31.4 Å².